The van der Waals surface area contributed by atoms with Crippen LogP contribution in [0.15, 0.2) is 24.3 Å². The van der Waals surface area contributed by atoms with E-state index in [0.29, 0.717) is 6.42 Å². The summed E-state index contributed by atoms with van der Waals surface area (Å²) < 4.78 is 5.67. The minimum atomic E-state index is 0.0562. The van der Waals surface area contributed by atoms with Crippen LogP contribution in [0, 0.1) is 0 Å². The number of rotatable bonds is 5. The van der Waals surface area contributed by atoms with Crippen LogP contribution in [0.1, 0.15) is 57.8 Å². The van der Waals surface area contributed by atoms with E-state index >= 15 is 0 Å². The van der Waals surface area contributed by atoms with Crippen molar-refractivity contribution in [2.45, 2.75) is 69.9 Å². The summed E-state index contributed by atoms with van der Waals surface area (Å²) in [5.41, 5.74) is 2.14. The number of nitrogens with zero attached hydrogens (tertiary/aromatic N) is 2. The summed E-state index contributed by atoms with van der Waals surface area (Å²) in [4.78, 5) is 17.4. The van der Waals surface area contributed by atoms with Crippen molar-refractivity contribution in [3.63, 3.8) is 0 Å². The molecule has 1 unspecified atom stereocenters. The molecule has 28 heavy (non-hydrogen) atoms. The minimum absolute atomic E-state index is 0.0562. The van der Waals surface area contributed by atoms with Gasteiger partial charge in [0.15, 0.2) is 0 Å². The standard InChI is InChI=1S/C23H35N3O2/c27-23(18-22-8-4-5-17-28-22)24-19-9-11-21(12-10-19)26-15-13-25(14-16-26)20-6-2-1-3-7-20/h9-12,20,22H,1-8,13-18H2,(H,24,27). The molecule has 3 fully saturated rings. The number of ether oxygens (including phenoxy) is 1. The Bertz CT molecular complexity index is 613. The van der Waals surface area contributed by atoms with Crippen LogP contribution in [0.4, 0.5) is 11.4 Å². The highest BCUT2D eigenvalue weighted by Crippen LogP contribution is 2.25. The van der Waals surface area contributed by atoms with Gasteiger partial charge in [0.2, 0.25) is 5.91 Å². The van der Waals surface area contributed by atoms with Gasteiger partial charge in [0.05, 0.1) is 12.5 Å². The highest BCUT2D eigenvalue weighted by molar-refractivity contribution is 5.91. The Hall–Kier alpha value is -1.59. The predicted octanol–water partition coefficient (Wildman–Crippen LogP) is 4.04. The quantitative estimate of drug-likeness (QED) is 0.831. The molecule has 3 aliphatic rings. The monoisotopic (exact) mass is 385 g/mol. The van der Waals surface area contributed by atoms with E-state index in [2.05, 4.69) is 27.2 Å². The lowest BCUT2D eigenvalue weighted by atomic mass is 9.94. The van der Waals surface area contributed by atoms with Crippen molar-refractivity contribution in [3.8, 4) is 0 Å². The molecule has 1 atom stereocenters. The number of piperazine rings is 1. The maximum atomic E-state index is 12.2. The Morgan fingerprint density at radius 2 is 1.64 bits per heavy atom. The Morgan fingerprint density at radius 1 is 0.929 bits per heavy atom. The maximum absolute atomic E-state index is 12.2. The number of hydrogen-bond donors (Lipinski definition) is 1. The van der Waals surface area contributed by atoms with Gasteiger partial charge >= 0.3 is 0 Å². The largest absolute Gasteiger partial charge is 0.378 e. The van der Waals surface area contributed by atoms with Crippen LogP contribution >= 0.6 is 0 Å². The zero-order valence-electron chi connectivity index (χ0n) is 17.1. The summed E-state index contributed by atoms with van der Waals surface area (Å²) in [6.07, 6.45) is 10.9. The van der Waals surface area contributed by atoms with Crippen LogP contribution in [0.5, 0.6) is 0 Å². The molecule has 154 valence electrons. The lowest BCUT2D eigenvalue weighted by molar-refractivity contribution is -0.119. The summed E-state index contributed by atoms with van der Waals surface area (Å²) in [6, 6.07) is 9.17. The van der Waals surface area contributed by atoms with Gasteiger partial charge in [0.25, 0.3) is 0 Å². The fourth-order valence-corrected chi connectivity index (χ4v) is 4.93. The first-order valence-electron chi connectivity index (χ1n) is 11.3. The first kappa shape index (κ1) is 19.7. The number of benzene rings is 1. The molecule has 5 heteroatoms. The highest BCUT2D eigenvalue weighted by Gasteiger charge is 2.25. The first-order chi connectivity index (χ1) is 13.8. The molecule has 0 aromatic heterocycles. The maximum Gasteiger partial charge on any atom is 0.226 e. The number of amides is 1. The second-order valence-corrected chi connectivity index (χ2v) is 8.60. The molecular formula is C23H35N3O2. The second-order valence-electron chi connectivity index (χ2n) is 8.60. The third-order valence-electron chi connectivity index (χ3n) is 6.61. The van der Waals surface area contributed by atoms with Crippen LogP contribution in [-0.4, -0.2) is 55.7 Å². The molecule has 1 amide bonds. The van der Waals surface area contributed by atoms with Crippen LogP contribution in [0.25, 0.3) is 0 Å². The number of nitrogens with one attached hydrogen (secondary N) is 1. The van der Waals surface area contributed by atoms with E-state index in [9.17, 15) is 4.79 Å². The first-order valence-corrected chi connectivity index (χ1v) is 11.3. The lowest BCUT2D eigenvalue weighted by Crippen LogP contribution is -2.50. The van der Waals surface area contributed by atoms with Crippen LogP contribution < -0.4 is 10.2 Å². The SMILES string of the molecule is O=C(CC1CCCCO1)Nc1ccc(N2CCN(C3CCCCC3)CC2)cc1. The molecule has 0 bridgehead atoms. The van der Waals surface area contributed by atoms with Crippen molar-refractivity contribution in [2.75, 3.05) is 43.0 Å². The number of carbonyl (C=O) groups excluding carboxylic acids is 1. The molecule has 2 saturated heterocycles. The molecule has 5 nitrogen and oxygen atoms in total. The zero-order valence-corrected chi connectivity index (χ0v) is 17.1. The molecule has 2 aliphatic heterocycles. The Balaban J connectivity index is 1.23. The molecule has 2 heterocycles. The molecule has 1 saturated carbocycles. The van der Waals surface area contributed by atoms with Gasteiger partial charge in [-0.05, 0) is 56.4 Å². The normalized spacial score (nSPS) is 24.9. The van der Waals surface area contributed by atoms with Gasteiger partial charge in [-0.25, -0.2) is 0 Å². The van der Waals surface area contributed by atoms with E-state index in [1.165, 1.54) is 57.3 Å². The molecule has 1 aromatic rings. The van der Waals surface area contributed by atoms with E-state index in [4.69, 9.17) is 4.74 Å². The van der Waals surface area contributed by atoms with Crippen LogP contribution in [0.3, 0.4) is 0 Å². The van der Waals surface area contributed by atoms with Gasteiger partial charge in [-0.15, -0.1) is 0 Å². The number of carbonyl (C=O) groups is 1. The fraction of sp³-hybridized carbons (Fsp3) is 0.696. The molecule has 1 aromatic carbocycles. The Labute approximate surface area is 169 Å². The average molecular weight is 386 g/mol. The predicted molar refractivity (Wildman–Crippen MR) is 114 cm³/mol. The summed E-state index contributed by atoms with van der Waals surface area (Å²) in [5, 5.41) is 3.02. The summed E-state index contributed by atoms with van der Waals surface area (Å²) in [5.74, 6) is 0.0562. The number of hydrogen-bond acceptors (Lipinski definition) is 4. The number of anilines is 2. The van der Waals surface area contributed by atoms with E-state index in [0.717, 1.165) is 44.3 Å². The van der Waals surface area contributed by atoms with Gasteiger partial charge in [-0.1, -0.05) is 19.3 Å². The molecule has 0 radical (unpaired) electrons. The summed E-state index contributed by atoms with van der Waals surface area (Å²) in [7, 11) is 0. The van der Waals surface area contributed by atoms with E-state index in [1.807, 2.05) is 12.1 Å². The smallest absolute Gasteiger partial charge is 0.226 e. The van der Waals surface area contributed by atoms with Crippen molar-refractivity contribution in [2.24, 2.45) is 0 Å². The van der Waals surface area contributed by atoms with E-state index < -0.39 is 0 Å². The van der Waals surface area contributed by atoms with E-state index in [-0.39, 0.29) is 12.0 Å². The molecular weight excluding hydrogens is 350 g/mol. The van der Waals surface area contributed by atoms with Gasteiger partial charge in [0.1, 0.15) is 0 Å². The average Bonchev–Trinajstić information content (AvgIpc) is 2.76. The van der Waals surface area contributed by atoms with Crippen molar-refractivity contribution >= 4 is 17.3 Å². The second kappa shape index (κ2) is 9.75. The lowest BCUT2D eigenvalue weighted by Gasteiger charge is -2.41. The van der Waals surface area contributed by atoms with Gasteiger partial charge in [-0.3, -0.25) is 9.69 Å². The fourth-order valence-electron chi connectivity index (χ4n) is 4.93. The van der Waals surface area contributed by atoms with Gasteiger partial charge < -0.3 is 15.0 Å². The zero-order chi connectivity index (χ0) is 19.2. The summed E-state index contributed by atoms with van der Waals surface area (Å²) in [6.45, 7) is 5.33. The minimum Gasteiger partial charge on any atom is -0.378 e. The van der Waals surface area contributed by atoms with Crippen molar-refractivity contribution in [3.05, 3.63) is 24.3 Å². The Morgan fingerprint density at radius 3 is 2.32 bits per heavy atom. The summed E-state index contributed by atoms with van der Waals surface area (Å²) >= 11 is 0. The van der Waals surface area contributed by atoms with Crippen molar-refractivity contribution in [1.29, 1.82) is 0 Å². The molecule has 0 spiro atoms. The van der Waals surface area contributed by atoms with E-state index in [1.54, 1.807) is 0 Å². The molecule has 4 rings (SSSR count). The van der Waals surface area contributed by atoms with Crippen LogP contribution in [-0.2, 0) is 9.53 Å². The van der Waals surface area contributed by atoms with Crippen molar-refractivity contribution < 1.29 is 9.53 Å². The van der Waals surface area contributed by atoms with Crippen LogP contribution in [0.2, 0.25) is 0 Å². The molecule has 1 aliphatic carbocycles. The Kier molecular flexibility index (Phi) is 6.86. The van der Waals surface area contributed by atoms with Crippen molar-refractivity contribution in [1.82, 2.24) is 4.90 Å². The topological polar surface area (TPSA) is 44.8 Å². The van der Waals surface area contributed by atoms with Gasteiger partial charge in [-0.2, -0.15) is 0 Å². The third kappa shape index (κ3) is 5.26. The van der Waals surface area contributed by atoms with Gasteiger partial charge in [0, 0.05) is 50.2 Å². The third-order valence-corrected chi connectivity index (χ3v) is 6.61. The highest BCUT2D eigenvalue weighted by atomic mass is 16.5. The molecule has 1 N–H and O–H groups in total.